The number of pyridine rings is 1. The van der Waals surface area contributed by atoms with Crippen LogP contribution in [-0.2, 0) is 12.8 Å². The predicted octanol–water partition coefficient (Wildman–Crippen LogP) is 4.18. The zero-order valence-corrected chi connectivity index (χ0v) is 17.0. The molecule has 1 saturated carbocycles. The number of thioether (sulfide) groups is 1. The van der Waals surface area contributed by atoms with Crippen molar-refractivity contribution in [2.24, 2.45) is 17.6 Å². The molecule has 0 saturated heterocycles. The van der Waals surface area contributed by atoms with Gasteiger partial charge in [0.25, 0.3) is 0 Å². The van der Waals surface area contributed by atoms with Gasteiger partial charge in [0.2, 0.25) is 0 Å². The lowest BCUT2D eigenvalue weighted by Gasteiger charge is -2.30. The molecule has 1 aliphatic carbocycles. The fraction of sp³-hybridized carbons (Fsp3) is 0.667. The molecule has 144 valence electrons. The second-order valence-corrected chi connectivity index (χ2v) is 9.51. The Morgan fingerprint density at radius 1 is 1.38 bits per heavy atom. The van der Waals surface area contributed by atoms with Gasteiger partial charge in [-0.1, -0.05) is 26.7 Å². The summed E-state index contributed by atoms with van der Waals surface area (Å²) in [5.74, 6) is 4.36. The minimum Gasteiger partial charge on any atom is -0.461 e. The Morgan fingerprint density at radius 2 is 2.15 bits per heavy atom. The van der Waals surface area contributed by atoms with Crippen LogP contribution in [0.15, 0.2) is 22.7 Å². The second kappa shape index (κ2) is 8.32. The normalized spacial score (nSPS) is 18.4. The maximum Gasteiger partial charge on any atom is 0.137 e. The van der Waals surface area contributed by atoms with Gasteiger partial charge in [0, 0.05) is 36.2 Å². The summed E-state index contributed by atoms with van der Waals surface area (Å²) in [6, 6.07) is 3.73. The number of fused-ring (bicyclic) bond motifs is 1. The van der Waals surface area contributed by atoms with Crippen molar-refractivity contribution >= 4 is 22.7 Å². The first-order valence-electron chi connectivity index (χ1n) is 9.77. The van der Waals surface area contributed by atoms with Crippen LogP contribution in [0.4, 0.5) is 0 Å². The molecular formula is C21H32N2O2S. The summed E-state index contributed by atoms with van der Waals surface area (Å²) in [6.45, 7) is 6.21. The Balaban J connectivity index is 1.67. The first kappa shape index (κ1) is 19.7. The van der Waals surface area contributed by atoms with Crippen LogP contribution in [0.5, 0.6) is 0 Å². The van der Waals surface area contributed by atoms with E-state index in [0.29, 0.717) is 12.3 Å². The van der Waals surface area contributed by atoms with Crippen molar-refractivity contribution in [3.63, 3.8) is 0 Å². The summed E-state index contributed by atoms with van der Waals surface area (Å²) in [6.07, 6.45) is 7.13. The molecule has 0 aromatic carbocycles. The number of nitrogens with two attached hydrogens (primary N) is 1. The van der Waals surface area contributed by atoms with Crippen LogP contribution >= 0.6 is 11.8 Å². The highest BCUT2D eigenvalue weighted by atomic mass is 32.2. The highest BCUT2D eigenvalue weighted by molar-refractivity contribution is 7.99. The number of hydrogen-bond donors (Lipinski definition) is 2. The van der Waals surface area contributed by atoms with Gasteiger partial charge in [0.1, 0.15) is 11.3 Å². The minimum absolute atomic E-state index is 0.287. The predicted molar refractivity (Wildman–Crippen MR) is 110 cm³/mol. The van der Waals surface area contributed by atoms with Crippen LogP contribution in [-0.4, -0.2) is 33.2 Å². The number of aromatic nitrogens is 1. The van der Waals surface area contributed by atoms with Crippen molar-refractivity contribution in [3.8, 4) is 0 Å². The van der Waals surface area contributed by atoms with Gasteiger partial charge in [-0.2, -0.15) is 11.8 Å². The summed E-state index contributed by atoms with van der Waals surface area (Å²) in [4.78, 5) is 4.52. The quantitative estimate of drug-likeness (QED) is 0.651. The Morgan fingerprint density at radius 3 is 2.85 bits per heavy atom. The third kappa shape index (κ3) is 5.24. The van der Waals surface area contributed by atoms with Crippen molar-refractivity contribution in [2.75, 3.05) is 11.5 Å². The zero-order valence-electron chi connectivity index (χ0n) is 16.2. The Bertz CT molecular complexity index is 722. The Labute approximate surface area is 160 Å². The van der Waals surface area contributed by atoms with E-state index in [1.807, 2.05) is 13.0 Å². The van der Waals surface area contributed by atoms with E-state index < -0.39 is 5.60 Å². The van der Waals surface area contributed by atoms with Crippen molar-refractivity contribution in [2.45, 2.75) is 64.5 Å². The second-order valence-electron chi connectivity index (χ2n) is 8.44. The SMILES string of the molecule is CC(C)CSC[C@H](N)C(C)(O)Cc1nccc2oc(CCC3CC3)cc12. The summed E-state index contributed by atoms with van der Waals surface area (Å²) < 4.78 is 6.00. The van der Waals surface area contributed by atoms with E-state index in [2.05, 4.69) is 24.9 Å². The lowest BCUT2D eigenvalue weighted by molar-refractivity contribution is 0.0398. The molecule has 1 unspecified atom stereocenters. The molecule has 2 aromatic rings. The van der Waals surface area contributed by atoms with Crippen LogP contribution in [0.2, 0.25) is 0 Å². The molecule has 5 heteroatoms. The van der Waals surface area contributed by atoms with Gasteiger partial charge in [0.15, 0.2) is 0 Å². The van der Waals surface area contributed by atoms with E-state index in [9.17, 15) is 5.11 Å². The van der Waals surface area contributed by atoms with Crippen LogP contribution in [0.1, 0.15) is 51.5 Å². The Kier molecular flexibility index (Phi) is 6.31. The van der Waals surface area contributed by atoms with Crippen molar-refractivity contribution < 1.29 is 9.52 Å². The molecule has 4 nitrogen and oxygen atoms in total. The molecule has 2 heterocycles. The summed E-state index contributed by atoms with van der Waals surface area (Å²) in [7, 11) is 0. The van der Waals surface area contributed by atoms with Crippen LogP contribution in [0, 0.1) is 11.8 Å². The van der Waals surface area contributed by atoms with Gasteiger partial charge in [-0.15, -0.1) is 0 Å². The lowest BCUT2D eigenvalue weighted by atomic mass is 9.91. The zero-order chi connectivity index (χ0) is 18.7. The van der Waals surface area contributed by atoms with E-state index in [-0.39, 0.29) is 6.04 Å². The molecule has 2 atom stereocenters. The number of furan rings is 1. The molecule has 0 spiro atoms. The molecule has 3 N–H and O–H groups in total. The molecule has 0 amide bonds. The number of aliphatic hydroxyl groups is 1. The fourth-order valence-electron chi connectivity index (χ4n) is 3.17. The minimum atomic E-state index is -0.989. The van der Waals surface area contributed by atoms with Crippen molar-refractivity contribution in [3.05, 3.63) is 29.8 Å². The molecular weight excluding hydrogens is 344 g/mol. The van der Waals surface area contributed by atoms with Crippen molar-refractivity contribution in [1.82, 2.24) is 4.98 Å². The van der Waals surface area contributed by atoms with Crippen molar-refractivity contribution in [1.29, 1.82) is 0 Å². The van der Waals surface area contributed by atoms with E-state index >= 15 is 0 Å². The average molecular weight is 377 g/mol. The third-order valence-electron chi connectivity index (χ3n) is 5.15. The highest BCUT2D eigenvalue weighted by Crippen LogP contribution is 2.34. The molecule has 3 rings (SSSR count). The van der Waals surface area contributed by atoms with Gasteiger partial charge in [-0.05, 0) is 43.1 Å². The van der Waals surface area contributed by atoms with Gasteiger partial charge in [-0.3, -0.25) is 4.98 Å². The van der Waals surface area contributed by atoms with E-state index in [1.165, 1.54) is 19.3 Å². The number of rotatable bonds is 10. The monoisotopic (exact) mass is 376 g/mol. The molecule has 0 aliphatic heterocycles. The number of aryl methyl sites for hydroxylation is 1. The first-order chi connectivity index (χ1) is 12.3. The fourth-order valence-corrected chi connectivity index (χ4v) is 4.39. The van der Waals surface area contributed by atoms with Gasteiger partial charge < -0.3 is 15.3 Å². The molecule has 2 aromatic heterocycles. The summed E-state index contributed by atoms with van der Waals surface area (Å²) in [5.41, 5.74) is 7.05. The topological polar surface area (TPSA) is 72.3 Å². The number of hydrogen-bond acceptors (Lipinski definition) is 5. The lowest BCUT2D eigenvalue weighted by Crippen LogP contribution is -2.49. The maximum atomic E-state index is 10.9. The van der Waals surface area contributed by atoms with Crippen LogP contribution < -0.4 is 5.73 Å². The number of nitrogens with zero attached hydrogens (tertiary/aromatic N) is 1. The molecule has 26 heavy (non-hydrogen) atoms. The van der Waals surface area contributed by atoms with E-state index in [0.717, 1.165) is 46.3 Å². The van der Waals surface area contributed by atoms with Gasteiger partial charge in [-0.25, -0.2) is 0 Å². The maximum absolute atomic E-state index is 10.9. The first-order valence-corrected chi connectivity index (χ1v) is 10.9. The third-order valence-corrected chi connectivity index (χ3v) is 6.64. The van der Waals surface area contributed by atoms with Crippen LogP contribution in [0.3, 0.4) is 0 Å². The van der Waals surface area contributed by atoms with E-state index in [1.54, 1.807) is 18.0 Å². The molecule has 0 radical (unpaired) electrons. The Hall–Kier alpha value is -1.04. The molecule has 1 aliphatic rings. The van der Waals surface area contributed by atoms with E-state index in [4.69, 9.17) is 10.2 Å². The molecule has 1 fully saturated rings. The highest BCUT2D eigenvalue weighted by Gasteiger charge is 2.31. The van der Waals surface area contributed by atoms with Crippen LogP contribution in [0.25, 0.3) is 11.0 Å². The average Bonchev–Trinajstić information content (AvgIpc) is 3.30. The van der Waals surface area contributed by atoms with Gasteiger partial charge >= 0.3 is 0 Å². The molecule has 0 bridgehead atoms. The summed E-state index contributed by atoms with van der Waals surface area (Å²) >= 11 is 1.81. The van der Waals surface area contributed by atoms with Gasteiger partial charge in [0.05, 0.1) is 11.3 Å². The summed E-state index contributed by atoms with van der Waals surface area (Å²) in [5, 5.41) is 12.0. The standard InChI is InChI=1S/C21H32N2O2S/c1-14(2)12-26-13-20(22)21(3,24)11-18-17-10-16(7-6-15-4-5-15)25-19(17)8-9-23-18/h8-10,14-15,20,24H,4-7,11-13,22H2,1-3H3/t20-,21?/m0/s1. The largest absolute Gasteiger partial charge is 0.461 e. The smallest absolute Gasteiger partial charge is 0.137 e.